The third kappa shape index (κ3) is 3.41. The van der Waals surface area contributed by atoms with Crippen LogP contribution >= 0.6 is 24.0 Å². The molecule has 0 aromatic rings. The summed E-state index contributed by atoms with van der Waals surface area (Å²) in [7, 11) is 0. The molecule has 0 radical (unpaired) electrons. The second-order valence-corrected chi connectivity index (χ2v) is 3.89. The number of hydrogen-bond donors (Lipinski definition) is 1. The van der Waals surface area contributed by atoms with Crippen molar-refractivity contribution in [1.82, 2.24) is 4.90 Å². The molecule has 4 nitrogen and oxygen atoms in total. The Balaban J connectivity index is 0.00000128. The van der Waals surface area contributed by atoms with Gasteiger partial charge in [0.05, 0.1) is 19.3 Å². The van der Waals surface area contributed by atoms with Crippen molar-refractivity contribution in [2.45, 2.75) is 18.9 Å². The molecule has 16 heavy (non-hydrogen) atoms. The maximum absolute atomic E-state index is 12.2. The van der Waals surface area contributed by atoms with Gasteiger partial charge in [-0.25, -0.2) is 13.8 Å². The van der Waals surface area contributed by atoms with E-state index in [4.69, 9.17) is 10.5 Å². The monoisotopic (exact) mass is 347 g/mol. The highest BCUT2D eigenvalue weighted by atomic mass is 127. The molecule has 1 heterocycles. The normalized spacial score (nSPS) is 30.2. The predicted molar refractivity (Wildman–Crippen MR) is 67.3 cm³/mol. The number of hydrogen-bond acceptors (Lipinski definition) is 2. The lowest BCUT2D eigenvalue weighted by Crippen LogP contribution is -2.45. The van der Waals surface area contributed by atoms with Crippen LogP contribution in [-0.2, 0) is 4.74 Å². The van der Waals surface area contributed by atoms with Crippen molar-refractivity contribution >= 4 is 29.9 Å². The highest BCUT2D eigenvalue weighted by Crippen LogP contribution is 2.38. The van der Waals surface area contributed by atoms with Gasteiger partial charge in [-0.15, -0.1) is 24.0 Å². The second-order valence-electron chi connectivity index (χ2n) is 3.89. The molecule has 0 spiro atoms. The Morgan fingerprint density at radius 3 is 2.50 bits per heavy atom. The Morgan fingerprint density at radius 1 is 1.38 bits per heavy atom. The van der Waals surface area contributed by atoms with Crippen LogP contribution in [0.3, 0.4) is 0 Å². The average molecular weight is 347 g/mol. The van der Waals surface area contributed by atoms with Crippen molar-refractivity contribution in [2.24, 2.45) is 16.6 Å². The van der Waals surface area contributed by atoms with E-state index in [9.17, 15) is 8.78 Å². The molecule has 0 bridgehead atoms. The topological polar surface area (TPSA) is 50.8 Å². The van der Waals surface area contributed by atoms with Gasteiger partial charge in [0.2, 0.25) is 6.43 Å². The predicted octanol–water partition coefficient (Wildman–Crippen LogP) is 0.905. The van der Waals surface area contributed by atoms with Gasteiger partial charge in [-0.2, -0.15) is 0 Å². The molecule has 1 saturated heterocycles. The molecule has 1 aliphatic carbocycles. The van der Waals surface area contributed by atoms with Crippen LogP contribution in [0, 0.1) is 5.92 Å². The summed E-state index contributed by atoms with van der Waals surface area (Å²) in [6.45, 7) is 2.64. The van der Waals surface area contributed by atoms with E-state index in [1.807, 2.05) is 4.90 Å². The van der Waals surface area contributed by atoms with Gasteiger partial charge >= 0.3 is 0 Å². The van der Waals surface area contributed by atoms with Gasteiger partial charge in [-0.05, 0) is 6.42 Å². The minimum Gasteiger partial charge on any atom is -0.378 e. The number of rotatable bonds is 2. The number of morpholine rings is 1. The fraction of sp³-hybridized carbons (Fsp3) is 0.889. The lowest BCUT2D eigenvalue weighted by atomic mass is 10.4. The molecule has 2 atom stereocenters. The summed E-state index contributed by atoms with van der Waals surface area (Å²) in [5, 5.41) is 0. The largest absolute Gasteiger partial charge is 0.378 e. The van der Waals surface area contributed by atoms with E-state index in [1.165, 1.54) is 0 Å². The molecular formula is C9H16F2IN3O. The van der Waals surface area contributed by atoms with Crippen molar-refractivity contribution in [3.8, 4) is 0 Å². The minimum atomic E-state index is -2.27. The Bertz CT molecular complexity index is 259. The third-order valence-corrected chi connectivity index (χ3v) is 2.76. The molecule has 0 aromatic heterocycles. The molecule has 94 valence electrons. The first-order valence-corrected chi connectivity index (χ1v) is 5.12. The van der Waals surface area contributed by atoms with Gasteiger partial charge in [-0.1, -0.05) is 0 Å². The summed E-state index contributed by atoms with van der Waals surface area (Å²) < 4.78 is 29.6. The SMILES string of the molecule is I.NC(=N[C@H]1C[C@@H]1C(F)F)N1CCOCC1. The Hall–Kier alpha value is -0.180. The van der Waals surface area contributed by atoms with Gasteiger partial charge in [0.25, 0.3) is 0 Å². The van der Waals surface area contributed by atoms with Gasteiger partial charge in [0.15, 0.2) is 5.96 Å². The fourth-order valence-corrected chi connectivity index (χ4v) is 1.66. The number of halogens is 3. The Kier molecular flexibility index (Phi) is 5.16. The van der Waals surface area contributed by atoms with E-state index in [0.29, 0.717) is 38.7 Å². The van der Waals surface area contributed by atoms with Crippen LogP contribution in [0.2, 0.25) is 0 Å². The van der Waals surface area contributed by atoms with Crippen LogP contribution in [0.5, 0.6) is 0 Å². The molecule has 2 aliphatic rings. The van der Waals surface area contributed by atoms with Crippen molar-refractivity contribution in [3.63, 3.8) is 0 Å². The highest BCUT2D eigenvalue weighted by Gasteiger charge is 2.44. The van der Waals surface area contributed by atoms with Gasteiger partial charge in [0.1, 0.15) is 0 Å². The van der Waals surface area contributed by atoms with Crippen LogP contribution in [-0.4, -0.2) is 49.6 Å². The molecule has 2 rings (SSSR count). The molecule has 2 fully saturated rings. The molecule has 7 heteroatoms. The molecule has 2 N–H and O–H groups in total. The summed E-state index contributed by atoms with van der Waals surface area (Å²) in [5.41, 5.74) is 5.73. The van der Waals surface area contributed by atoms with Crippen molar-refractivity contribution in [2.75, 3.05) is 26.3 Å². The summed E-state index contributed by atoms with van der Waals surface area (Å²) >= 11 is 0. The maximum atomic E-state index is 12.2. The van der Waals surface area contributed by atoms with Gasteiger partial charge in [0, 0.05) is 19.0 Å². The van der Waals surface area contributed by atoms with E-state index >= 15 is 0 Å². The number of alkyl halides is 2. The van der Waals surface area contributed by atoms with Crippen LogP contribution < -0.4 is 5.73 Å². The first-order chi connectivity index (χ1) is 7.18. The zero-order chi connectivity index (χ0) is 10.8. The molecule has 0 aromatic carbocycles. The number of nitrogens with zero attached hydrogens (tertiary/aromatic N) is 2. The van der Waals surface area contributed by atoms with E-state index in [1.54, 1.807) is 0 Å². The maximum Gasteiger partial charge on any atom is 0.243 e. The van der Waals surface area contributed by atoms with Crippen LogP contribution in [0.15, 0.2) is 4.99 Å². The fourth-order valence-electron chi connectivity index (χ4n) is 1.66. The van der Waals surface area contributed by atoms with Crippen LogP contribution in [0.1, 0.15) is 6.42 Å². The molecule has 1 saturated carbocycles. The van der Waals surface area contributed by atoms with Crippen LogP contribution in [0.25, 0.3) is 0 Å². The first-order valence-electron chi connectivity index (χ1n) is 5.12. The standard InChI is InChI=1S/C9H15F2N3O.HI/c10-8(11)6-5-7(6)13-9(12)14-1-3-15-4-2-14;/h6-8H,1-5H2,(H2,12,13);1H/t6-,7-;/m0./s1. The van der Waals surface area contributed by atoms with E-state index < -0.39 is 12.3 Å². The number of ether oxygens (including phenoxy) is 1. The quantitative estimate of drug-likeness (QED) is 0.459. The smallest absolute Gasteiger partial charge is 0.243 e. The van der Waals surface area contributed by atoms with E-state index in [-0.39, 0.29) is 30.0 Å². The lowest BCUT2D eigenvalue weighted by molar-refractivity contribution is 0.0673. The zero-order valence-corrected chi connectivity index (χ0v) is 11.1. The summed E-state index contributed by atoms with van der Waals surface area (Å²) in [5.74, 6) is -0.198. The highest BCUT2D eigenvalue weighted by molar-refractivity contribution is 14.0. The van der Waals surface area contributed by atoms with E-state index in [2.05, 4.69) is 4.99 Å². The van der Waals surface area contributed by atoms with Crippen LogP contribution in [0.4, 0.5) is 8.78 Å². The summed E-state index contributed by atoms with van der Waals surface area (Å²) in [6.07, 6.45) is -1.81. The summed E-state index contributed by atoms with van der Waals surface area (Å²) in [4.78, 5) is 5.98. The van der Waals surface area contributed by atoms with Crippen molar-refractivity contribution in [3.05, 3.63) is 0 Å². The van der Waals surface area contributed by atoms with E-state index in [0.717, 1.165) is 0 Å². The van der Waals surface area contributed by atoms with Gasteiger partial charge < -0.3 is 15.4 Å². The number of nitrogens with two attached hydrogens (primary N) is 1. The third-order valence-electron chi connectivity index (χ3n) is 2.76. The first kappa shape index (κ1) is 13.9. The number of guanidine groups is 1. The Morgan fingerprint density at radius 2 is 2.00 bits per heavy atom. The molecule has 0 amide bonds. The second kappa shape index (κ2) is 5.95. The molecule has 1 aliphatic heterocycles. The van der Waals surface area contributed by atoms with Gasteiger partial charge in [-0.3, -0.25) is 0 Å². The summed E-state index contributed by atoms with van der Waals surface area (Å²) in [6, 6.07) is -0.271. The lowest BCUT2D eigenvalue weighted by Gasteiger charge is -2.27. The molecule has 0 unspecified atom stereocenters. The van der Waals surface area contributed by atoms with Crippen molar-refractivity contribution < 1.29 is 13.5 Å². The minimum absolute atomic E-state index is 0. The number of aliphatic imine (C=N–C) groups is 1. The molecular weight excluding hydrogens is 331 g/mol. The zero-order valence-electron chi connectivity index (χ0n) is 8.81. The Labute approximate surface area is 110 Å². The van der Waals surface area contributed by atoms with Crippen molar-refractivity contribution in [1.29, 1.82) is 0 Å². The average Bonchev–Trinajstić information content (AvgIpc) is 2.98.